The highest BCUT2D eigenvalue weighted by molar-refractivity contribution is 8.00. The van der Waals surface area contributed by atoms with E-state index in [9.17, 15) is 5.11 Å². The zero-order valence-corrected chi connectivity index (χ0v) is 9.05. The van der Waals surface area contributed by atoms with Crippen molar-refractivity contribution in [3.63, 3.8) is 0 Å². The highest BCUT2D eigenvalue weighted by atomic mass is 32.2. The molecule has 1 aliphatic carbocycles. The van der Waals surface area contributed by atoms with Crippen LogP contribution in [0, 0.1) is 17.2 Å². The summed E-state index contributed by atoms with van der Waals surface area (Å²) in [6.07, 6.45) is 3.08. The highest BCUT2D eigenvalue weighted by Gasteiger charge is 2.29. The van der Waals surface area contributed by atoms with Crippen LogP contribution in [0.15, 0.2) is 0 Å². The van der Waals surface area contributed by atoms with E-state index in [0.717, 1.165) is 12.8 Å². The van der Waals surface area contributed by atoms with Crippen molar-refractivity contribution in [2.75, 3.05) is 0 Å². The van der Waals surface area contributed by atoms with Gasteiger partial charge in [-0.3, -0.25) is 0 Å². The molecular weight excluding hydrogens is 182 g/mol. The van der Waals surface area contributed by atoms with Crippen LogP contribution in [0.1, 0.15) is 33.1 Å². The average molecular weight is 199 g/mol. The van der Waals surface area contributed by atoms with Gasteiger partial charge in [-0.1, -0.05) is 13.3 Å². The van der Waals surface area contributed by atoms with E-state index in [1.54, 1.807) is 11.8 Å². The molecule has 74 valence electrons. The third kappa shape index (κ3) is 2.89. The Balaban J connectivity index is 2.40. The minimum absolute atomic E-state index is 0.214. The monoisotopic (exact) mass is 199 g/mol. The predicted molar refractivity (Wildman–Crippen MR) is 55.5 cm³/mol. The molecule has 3 heteroatoms. The molecule has 0 aromatic carbocycles. The third-order valence-corrected chi connectivity index (χ3v) is 4.42. The molecule has 4 unspecified atom stereocenters. The fraction of sp³-hybridized carbons (Fsp3) is 0.900. The Morgan fingerprint density at radius 3 is 2.69 bits per heavy atom. The first-order valence-electron chi connectivity index (χ1n) is 4.88. The quantitative estimate of drug-likeness (QED) is 0.757. The van der Waals surface area contributed by atoms with E-state index in [1.165, 1.54) is 6.42 Å². The second-order valence-electron chi connectivity index (χ2n) is 3.79. The minimum Gasteiger partial charge on any atom is -0.392 e. The van der Waals surface area contributed by atoms with E-state index in [0.29, 0.717) is 5.25 Å². The first-order chi connectivity index (χ1) is 6.15. The van der Waals surface area contributed by atoms with Gasteiger partial charge in [-0.05, 0) is 19.8 Å². The lowest BCUT2D eigenvalue weighted by Gasteiger charge is -2.20. The molecule has 0 saturated heterocycles. The van der Waals surface area contributed by atoms with Gasteiger partial charge in [-0.25, -0.2) is 0 Å². The summed E-state index contributed by atoms with van der Waals surface area (Å²) < 4.78 is 0. The maximum atomic E-state index is 9.34. The number of nitrogens with zero attached hydrogens (tertiary/aromatic N) is 1. The molecule has 0 bridgehead atoms. The summed E-state index contributed by atoms with van der Waals surface area (Å²) in [5.41, 5.74) is 0. The summed E-state index contributed by atoms with van der Waals surface area (Å²) in [6, 6.07) is 2.36. The zero-order valence-electron chi connectivity index (χ0n) is 8.23. The minimum atomic E-state index is -0.273. The maximum Gasteiger partial charge on any atom is 0.0667 e. The van der Waals surface area contributed by atoms with Crippen molar-refractivity contribution < 1.29 is 5.11 Å². The topological polar surface area (TPSA) is 44.0 Å². The smallest absolute Gasteiger partial charge is 0.0667 e. The standard InChI is InChI=1S/C10H17NOS/c1-7(12)8(2)13-10-5-3-4-9(10)6-11/h7-10,12H,3-5H2,1-2H3. The summed E-state index contributed by atoms with van der Waals surface area (Å²) >= 11 is 1.78. The molecule has 0 aliphatic heterocycles. The molecule has 4 atom stereocenters. The molecule has 1 N–H and O–H groups in total. The molecule has 0 aromatic heterocycles. The summed E-state index contributed by atoms with van der Waals surface area (Å²) in [5.74, 6) is 0.214. The Morgan fingerprint density at radius 2 is 2.15 bits per heavy atom. The van der Waals surface area contributed by atoms with Crippen LogP contribution < -0.4 is 0 Å². The van der Waals surface area contributed by atoms with Crippen molar-refractivity contribution in [2.24, 2.45) is 5.92 Å². The van der Waals surface area contributed by atoms with E-state index >= 15 is 0 Å². The lowest BCUT2D eigenvalue weighted by atomic mass is 10.1. The second kappa shape index (κ2) is 4.88. The Bertz CT molecular complexity index is 200. The van der Waals surface area contributed by atoms with Crippen molar-refractivity contribution in [1.82, 2.24) is 0 Å². The van der Waals surface area contributed by atoms with Crippen LogP contribution in [0.25, 0.3) is 0 Å². The van der Waals surface area contributed by atoms with Gasteiger partial charge < -0.3 is 5.11 Å². The van der Waals surface area contributed by atoms with Crippen molar-refractivity contribution >= 4 is 11.8 Å². The van der Waals surface area contributed by atoms with Gasteiger partial charge in [0.1, 0.15) is 0 Å². The van der Waals surface area contributed by atoms with Gasteiger partial charge in [-0.2, -0.15) is 17.0 Å². The fourth-order valence-electron chi connectivity index (χ4n) is 1.63. The van der Waals surface area contributed by atoms with Crippen LogP contribution >= 0.6 is 11.8 Å². The SMILES string of the molecule is CC(O)C(C)SC1CCCC1C#N. The maximum absolute atomic E-state index is 9.34. The molecular formula is C10H17NOS. The second-order valence-corrected chi connectivity index (χ2v) is 5.41. The van der Waals surface area contributed by atoms with Crippen LogP contribution in [0.3, 0.4) is 0 Å². The number of aliphatic hydroxyl groups excluding tert-OH is 1. The molecule has 1 fully saturated rings. The molecule has 0 amide bonds. The molecule has 13 heavy (non-hydrogen) atoms. The van der Waals surface area contributed by atoms with Crippen molar-refractivity contribution in [3.8, 4) is 6.07 Å². The molecule has 0 radical (unpaired) electrons. The lowest BCUT2D eigenvalue weighted by molar-refractivity contribution is 0.196. The number of thioether (sulfide) groups is 1. The summed E-state index contributed by atoms with van der Waals surface area (Å²) in [7, 11) is 0. The first-order valence-corrected chi connectivity index (χ1v) is 5.82. The summed E-state index contributed by atoms with van der Waals surface area (Å²) in [4.78, 5) is 0. The van der Waals surface area contributed by atoms with Crippen molar-refractivity contribution in [3.05, 3.63) is 0 Å². The Hall–Kier alpha value is -0.200. The molecule has 0 aromatic rings. The number of aliphatic hydroxyl groups is 1. The molecule has 0 heterocycles. The predicted octanol–water partition coefficient (Wildman–Crippen LogP) is 2.18. The largest absolute Gasteiger partial charge is 0.392 e. The van der Waals surface area contributed by atoms with Gasteiger partial charge in [0, 0.05) is 10.5 Å². The van der Waals surface area contributed by atoms with E-state index in [-0.39, 0.29) is 17.3 Å². The zero-order chi connectivity index (χ0) is 9.84. The van der Waals surface area contributed by atoms with E-state index < -0.39 is 0 Å². The Labute approximate surface area is 84.3 Å². The lowest BCUT2D eigenvalue weighted by Crippen LogP contribution is -2.20. The number of rotatable bonds is 3. The van der Waals surface area contributed by atoms with Crippen LogP contribution in [0.4, 0.5) is 0 Å². The number of hydrogen-bond donors (Lipinski definition) is 1. The summed E-state index contributed by atoms with van der Waals surface area (Å²) in [5, 5.41) is 18.9. The van der Waals surface area contributed by atoms with Crippen molar-refractivity contribution in [1.29, 1.82) is 5.26 Å². The van der Waals surface area contributed by atoms with E-state index in [4.69, 9.17) is 5.26 Å². The first kappa shape index (κ1) is 10.9. The molecule has 0 spiro atoms. The van der Waals surface area contributed by atoms with Gasteiger partial charge in [0.25, 0.3) is 0 Å². The van der Waals surface area contributed by atoms with Crippen LogP contribution in [0.5, 0.6) is 0 Å². The van der Waals surface area contributed by atoms with Crippen LogP contribution in [-0.4, -0.2) is 21.7 Å². The molecule has 1 aliphatic rings. The van der Waals surface area contributed by atoms with Crippen LogP contribution in [0.2, 0.25) is 0 Å². The highest BCUT2D eigenvalue weighted by Crippen LogP contribution is 2.37. The average Bonchev–Trinajstić information content (AvgIpc) is 2.51. The van der Waals surface area contributed by atoms with Gasteiger partial charge in [-0.15, -0.1) is 0 Å². The van der Waals surface area contributed by atoms with Gasteiger partial charge in [0.2, 0.25) is 0 Å². The van der Waals surface area contributed by atoms with E-state index in [1.807, 2.05) is 13.8 Å². The number of hydrogen-bond acceptors (Lipinski definition) is 3. The van der Waals surface area contributed by atoms with Crippen molar-refractivity contribution in [2.45, 2.75) is 49.7 Å². The fourth-order valence-corrected chi connectivity index (χ4v) is 3.09. The van der Waals surface area contributed by atoms with Gasteiger partial charge in [0.05, 0.1) is 18.1 Å². The molecule has 2 nitrogen and oxygen atoms in total. The summed E-state index contributed by atoms with van der Waals surface area (Å²) in [6.45, 7) is 3.84. The molecule has 1 saturated carbocycles. The van der Waals surface area contributed by atoms with Crippen LogP contribution in [-0.2, 0) is 0 Å². The van der Waals surface area contributed by atoms with E-state index in [2.05, 4.69) is 6.07 Å². The van der Waals surface area contributed by atoms with Gasteiger partial charge >= 0.3 is 0 Å². The number of nitriles is 1. The van der Waals surface area contributed by atoms with Gasteiger partial charge in [0.15, 0.2) is 0 Å². The molecule has 1 rings (SSSR count). The third-order valence-electron chi connectivity index (χ3n) is 2.69. The Kier molecular flexibility index (Phi) is 4.08. The Morgan fingerprint density at radius 1 is 1.46 bits per heavy atom. The normalized spacial score (nSPS) is 32.5.